The molecule has 7 nitrogen and oxygen atoms in total. The number of aromatic nitrogens is 4. The highest BCUT2D eigenvalue weighted by molar-refractivity contribution is 5.90. The maximum absolute atomic E-state index is 12.1. The summed E-state index contributed by atoms with van der Waals surface area (Å²) in [5.74, 6) is 0.879. The van der Waals surface area contributed by atoms with Gasteiger partial charge in [-0.2, -0.15) is 0 Å². The Bertz CT molecular complexity index is 629. The first-order chi connectivity index (χ1) is 10.2. The van der Waals surface area contributed by atoms with Crippen molar-refractivity contribution in [2.24, 2.45) is 0 Å². The van der Waals surface area contributed by atoms with Crippen LogP contribution in [0.4, 0.5) is 5.95 Å². The zero-order valence-corrected chi connectivity index (χ0v) is 12.2. The quantitative estimate of drug-likeness (QED) is 0.920. The standard InChI is InChI=1S/C14H20N6O/c1-11-6-9-20-13(15-11)17-18-14(20)16-12(21)10-19-7-4-2-3-5-8-19/h6,9H,2-5,7-8,10H2,1H3,(H,16,18,21). The van der Waals surface area contributed by atoms with Crippen molar-refractivity contribution in [3.63, 3.8) is 0 Å². The first-order valence-electron chi connectivity index (χ1n) is 7.43. The van der Waals surface area contributed by atoms with Crippen LogP contribution in [0.3, 0.4) is 0 Å². The fourth-order valence-corrected chi connectivity index (χ4v) is 2.62. The van der Waals surface area contributed by atoms with Crippen molar-refractivity contribution in [1.82, 2.24) is 24.5 Å². The van der Waals surface area contributed by atoms with Crippen molar-refractivity contribution in [2.45, 2.75) is 32.6 Å². The molecule has 1 N–H and O–H groups in total. The average Bonchev–Trinajstić information content (AvgIpc) is 2.68. The van der Waals surface area contributed by atoms with Gasteiger partial charge in [0.2, 0.25) is 11.9 Å². The van der Waals surface area contributed by atoms with E-state index in [1.54, 1.807) is 4.40 Å². The third-order valence-corrected chi connectivity index (χ3v) is 3.74. The summed E-state index contributed by atoms with van der Waals surface area (Å²) in [5, 5.41) is 10.8. The number of hydrogen-bond acceptors (Lipinski definition) is 5. The van der Waals surface area contributed by atoms with Gasteiger partial charge in [0.05, 0.1) is 6.54 Å². The monoisotopic (exact) mass is 288 g/mol. The summed E-state index contributed by atoms with van der Waals surface area (Å²) >= 11 is 0. The van der Waals surface area contributed by atoms with Crippen molar-refractivity contribution in [1.29, 1.82) is 0 Å². The summed E-state index contributed by atoms with van der Waals surface area (Å²) in [5.41, 5.74) is 0.873. The number of carbonyl (C=O) groups is 1. The highest BCUT2D eigenvalue weighted by atomic mass is 16.2. The predicted molar refractivity (Wildman–Crippen MR) is 79.1 cm³/mol. The van der Waals surface area contributed by atoms with Gasteiger partial charge in [0.25, 0.3) is 5.78 Å². The lowest BCUT2D eigenvalue weighted by Crippen LogP contribution is -2.34. The summed E-state index contributed by atoms with van der Waals surface area (Å²) in [6.07, 6.45) is 6.68. The van der Waals surface area contributed by atoms with Crippen LogP contribution in [-0.2, 0) is 4.79 Å². The van der Waals surface area contributed by atoms with Gasteiger partial charge in [0.1, 0.15) is 0 Å². The highest BCUT2D eigenvalue weighted by Crippen LogP contribution is 2.10. The van der Waals surface area contributed by atoms with E-state index in [-0.39, 0.29) is 5.91 Å². The Hall–Kier alpha value is -2.02. The molecule has 0 bridgehead atoms. The number of nitrogens with one attached hydrogen (secondary N) is 1. The van der Waals surface area contributed by atoms with E-state index >= 15 is 0 Å². The summed E-state index contributed by atoms with van der Waals surface area (Å²) in [7, 11) is 0. The topological polar surface area (TPSA) is 75.4 Å². The Balaban J connectivity index is 1.65. The van der Waals surface area contributed by atoms with Gasteiger partial charge in [-0.05, 0) is 38.9 Å². The Morgan fingerprint density at radius 2 is 2.00 bits per heavy atom. The van der Waals surface area contributed by atoms with Crippen molar-refractivity contribution >= 4 is 17.6 Å². The molecule has 0 radical (unpaired) electrons. The van der Waals surface area contributed by atoms with Gasteiger partial charge in [-0.25, -0.2) is 4.98 Å². The molecule has 21 heavy (non-hydrogen) atoms. The third kappa shape index (κ3) is 3.36. The van der Waals surface area contributed by atoms with Crippen LogP contribution in [0.5, 0.6) is 0 Å². The molecule has 0 aliphatic carbocycles. The van der Waals surface area contributed by atoms with E-state index in [1.165, 1.54) is 25.7 Å². The second-order valence-corrected chi connectivity index (χ2v) is 5.50. The van der Waals surface area contributed by atoms with E-state index in [1.807, 2.05) is 19.2 Å². The van der Waals surface area contributed by atoms with Crippen molar-refractivity contribution in [2.75, 3.05) is 25.0 Å². The van der Waals surface area contributed by atoms with E-state index in [2.05, 4.69) is 25.4 Å². The molecular formula is C14H20N6O. The van der Waals surface area contributed by atoms with Crippen molar-refractivity contribution in [3.05, 3.63) is 18.0 Å². The molecule has 1 aliphatic rings. The van der Waals surface area contributed by atoms with Gasteiger partial charge in [-0.1, -0.05) is 12.8 Å². The maximum Gasteiger partial charge on any atom is 0.256 e. The number of anilines is 1. The molecule has 1 fully saturated rings. The summed E-state index contributed by atoms with van der Waals surface area (Å²) in [6.45, 7) is 4.30. The lowest BCUT2D eigenvalue weighted by atomic mass is 10.2. The fourth-order valence-electron chi connectivity index (χ4n) is 2.62. The van der Waals surface area contributed by atoms with Crippen LogP contribution in [0.15, 0.2) is 12.3 Å². The van der Waals surface area contributed by atoms with Crippen LogP contribution >= 0.6 is 0 Å². The number of aryl methyl sites for hydroxylation is 1. The number of fused-ring (bicyclic) bond motifs is 1. The molecular weight excluding hydrogens is 268 g/mol. The molecule has 7 heteroatoms. The molecule has 1 aliphatic heterocycles. The summed E-state index contributed by atoms with van der Waals surface area (Å²) in [4.78, 5) is 18.6. The molecule has 1 amide bonds. The second-order valence-electron chi connectivity index (χ2n) is 5.50. The van der Waals surface area contributed by atoms with Crippen LogP contribution in [0.1, 0.15) is 31.4 Å². The van der Waals surface area contributed by atoms with Crippen molar-refractivity contribution in [3.8, 4) is 0 Å². The van der Waals surface area contributed by atoms with E-state index in [0.29, 0.717) is 18.3 Å². The largest absolute Gasteiger partial charge is 0.295 e. The van der Waals surface area contributed by atoms with Crippen molar-refractivity contribution < 1.29 is 4.79 Å². The molecule has 2 aromatic rings. The maximum atomic E-state index is 12.1. The summed E-state index contributed by atoms with van der Waals surface area (Å²) < 4.78 is 1.69. The Morgan fingerprint density at radius 1 is 1.24 bits per heavy atom. The minimum Gasteiger partial charge on any atom is -0.295 e. The normalized spacial score (nSPS) is 16.8. The van der Waals surface area contributed by atoms with E-state index in [0.717, 1.165) is 18.8 Å². The third-order valence-electron chi connectivity index (χ3n) is 3.74. The van der Waals surface area contributed by atoms with Crippen LogP contribution in [0.25, 0.3) is 5.78 Å². The first-order valence-corrected chi connectivity index (χ1v) is 7.43. The zero-order chi connectivity index (χ0) is 14.7. The van der Waals surface area contributed by atoms with Gasteiger partial charge in [0.15, 0.2) is 0 Å². The minimum absolute atomic E-state index is 0.0493. The number of carbonyl (C=O) groups excluding carboxylic acids is 1. The van der Waals surface area contributed by atoms with Gasteiger partial charge < -0.3 is 0 Å². The van der Waals surface area contributed by atoms with E-state index < -0.39 is 0 Å². The van der Waals surface area contributed by atoms with Crippen LogP contribution in [0.2, 0.25) is 0 Å². The number of rotatable bonds is 3. The van der Waals surface area contributed by atoms with Gasteiger partial charge in [-0.3, -0.25) is 19.4 Å². The summed E-state index contributed by atoms with van der Waals surface area (Å²) in [6, 6.07) is 1.86. The molecule has 3 heterocycles. The molecule has 0 aromatic carbocycles. The fraction of sp³-hybridized carbons (Fsp3) is 0.571. The molecule has 112 valence electrons. The van der Waals surface area contributed by atoms with E-state index in [4.69, 9.17) is 0 Å². The van der Waals surface area contributed by atoms with Crippen LogP contribution in [-0.4, -0.2) is 50.0 Å². The Kier molecular flexibility index (Phi) is 4.10. The van der Waals surface area contributed by atoms with Gasteiger partial charge in [0, 0.05) is 11.9 Å². The molecule has 0 atom stereocenters. The SMILES string of the molecule is Cc1ccn2c(NC(=O)CN3CCCCCC3)nnc2n1. The van der Waals surface area contributed by atoms with Crippen LogP contribution in [0, 0.1) is 6.92 Å². The smallest absolute Gasteiger partial charge is 0.256 e. The zero-order valence-electron chi connectivity index (χ0n) is 12.2. The molecule has 0 unspecified atom stereocenters. The number of hydrogen-bond donors (Lipinski definition) is 1. The first kappa shape index (κ1) is 13.9. The highest BCUT2D eigenvalue weighted by Gasteiger charge is 2.15. The van der Waals surface area contributed by atoms with Gasteiger partial charge in [-0.15, -0.1) is 10.2 Å². The molecule has 0 saturated carbocycles. The Morgan fingerprint density at radius 3 is 2.76 bits per heavy atom. The molecule has 1 saturated heterocycles. The van der Waals surface area contributed by atoms with E-state index in [9.17, 15) is 4.79 Å². The predicted octanol–water partition coefficient (Wildman–Crippen LogP) is 1.25. The van der Waals surface area contributed by atoms with Crippen LogP contribution < -0.4 is 5.32 Å². The second kappa shape index (κ2) is 6.17. The Labute approximate surface area is 123 Å². The van der Waals surface area contributed by atoms with Gasteiger partial charge >= 0.3 is 0 Å². The number of likely N-dealkylation sites (tertiary alicyclic amines) is 1. The average molecular weight is 288 g/mol. The number of nitrogens with zero attached hydrogens (tertiary/aromatic N) is 5. The molecule has 2 aromatic heterocycles. The minimum atomic E-state index is -0.0493. The molecule has 3 rings (SSSR count). The number of amides is 1. The lowest BCUT2D eigenvalue weighted by Gasteiger charge is -2.18. The lowest BCUT2D eigenvalue weighted by molar-refractivity contribution is -0.117. The molecule has 0 spiro atoms.